The zero-order valence-corrected chi connectivity index (χ0v) is 9.72. The maximum absolute atomic E-state index is 12.2. The first-order chi connectivity index (χ1) is 7.63. The maximum Gasteiger partial charge on any atom is 0.255 e. The maximum atomic E-state index is 12.2. The molecule has 5 heteroatoms. The van der Waals surface area contributed by atoms with Gasteiger partial charge in [0.25, 0.3) is 6.43 Å². The first-order valence-electron chi connectivity index (χ1n) is 5.90. The van der Waals surface area contributed by atoms with Gasteiger partial charge in [0.05, 0.1) is 13.1 Å². The smallest absolute Gasteiger partial charge is 0.255 e. The zero-order valence-electron chi connectivity index (χ0n) is 9.72. The predicted molar refractivity (Wildman–Crippen MR) is 58.5 cm³/mol. The lowest BCUT2D eigenvalue weighted by atomic mass is 10.3. The minimum atomic E-state index is -2.45. The molecule has 0 heterocycles. The lowest BCUT2D eigenvalue weighted by Crippen LogP contribution is -2.41. The molecule has 0 saturated heterocycles. The van der Waals surface area contributed by atoms with E-state index in [0.717, 1.165) is 6.54 Å². The van der Waals surface area contributed by atoms with E-state index in [0.29, 0.717) is 18.9 Å². The lowest BCUT2D eigenvalue weighted by molar-refractivity contribution is -0.132. The largest absolute Gasteiger partial charge is 0.336 e. The summed E-state index contributed by atoms with van der Waals surface area (Å²) in [6, 6.07) is 0. The fourth-order valence-corrected chi connectivity index (χ4v) is 1.57. The number of nitrogens with one attached hydrogen (secondary N) is 1. The summed E-state index contributed by atoms with van der Waals surface area (Å²) < 4.78 is 24.4. The predicted octanol–water partition coefficient (Wildman–Crippen LogP) is 1.49. The van der Waals surface area contributed by atoms with Gasteiger partial charge in [-0.15, -0.1) is 0 Å². The van der Waals surface area contributed by atoms with E-state index in [2.05, 4.69) is 5.32 Å². The number of carbonyl (C=O) groups is 1. The van der Waals surface area contributed by atoms with E-state index >= 15 is 0 Å². The second-order valence-corrected chi connectivity index (χ2v) is 4.31. The summed E-state index contributed by atoms with van der Waals surface area (Å²) in [6.45, 7) is 2.86. The van der Waals surface area contributed by atoms with Crippen LogP contribution in [0.25, 0.3) is 0 Å². The summed E-state index contributed by atoms with van der Waals surface area (Å²) in [6.07, 6.45) is 0.702. The molecule has 0 aromatic carbocycles. The highest BCUT2D eigenvalue weighted by atomic mass is 19.3. The minimum Gasteiger partial charge on any atom is -0.336 e. The number of alkyl halides is 2. The van der Waals surface area contributed by atoms with E-state index in [1.807, 2.05) is 6.92 Å². The zero-order chi connectivity index (χ0) is 12.0. The van der Waals surface area contributed by atoms with E-state index in [9.17, 15) is 13.6 Å². The SMILES string of the molecule is CCCN(CC(F)F)C(=O)CNCC1CC1. The van der Waals surface area contributed by atoms with Crippen LogP contribution in [0.2, 0.25) is 0 Å². The first kappa shape index (κ1) is 13.4. The second kappa shape index (κ2) is 6.78. The van der Waals surface area contributed by atoms with Crippen molar-refractivity contribution in [1.82, 2.24) is 10.2 Å². The molecule has 1 aliphatic rings. The van der Waals surface area contributed by atoms with Gasteiger partial charge in [-0.1, -0.05) is 6.92 Å². The normalized spacial score (nSPS) is 15.5. The molecule has 1 aliphatic carbocycles. The van der Waals surface area contributed by atoms with Crippen molar-refractivity contribution in [1.29, 1.82) is 0 Å². The Morgan fingerprint density at radius 2 is 2.19 bits per heavy atom. The van der Waals surface area contributed by atoms with Gasteiger partial charge in [0.1, 0.15) is 0 Å². The molecule has 1 fully saturated rings. The van der Waals surface area contributed by atoms with Crippen molar-refractivity contribution in [2.45, 2.75) is 32.6 Å². The van der Waals surface area contributed by atoms with Crippen molar-refractivity contribution in [2.75, 3.05) is 26.2 Å². The van der Waals surface area contributed by atoms with Crippen LogP contribution in [0.1, 0.15) is 26.2 Å². The number of hydrogen-bond donors (Lipinski definition) is 1. The first-order valence-corrected chi connectivity index (χ1v) is 5.90. The quantitative estimate of drug-likeness (QED) is 0.690. The van der Waals surface area contributed by atoms with Crippen molar-refractivity contribution >= 4 is 5.91 Å². The van der Waals surface area contributed by atoms with E-state index in [1.165, 1.54) is 17.7 Å². The summed E-state index contributed by atoms with van der Waals surface area (Å²) in [7, 11) is 0. The lowest BCUT2D eigenvalue weighted by Gasteiger charge is -2.21. The molecule has 0 unspecified atom stereocenters. The van der Waals surface area contributed by atoms with Crippen molar-refractivity contribution < 1.29 is 13.6 Å². The van der Waals surface area contributed by atoms with Crippen molar-refractivity contribution in [2.24, 2.45) is 5.92 Å². The molecule has 94 valence electrons. The van der Waals surface area contributed by atoms with Crippen LogP contribution in [-0.4, -0.2) is 43.4 Å². The van der Waals surface area contributed by atoms with Crippen LogP contribution in [0, 0.1) is 5.92 Å². The summed E-state index contributed by atoms with van der Waals surface area (Å²) in [5, 5.41) is 3.02. The van der Waals surface area contributed by atoms with Gasteiger partial charge in [-0.2, -0.15) is 0 Å². The highest BCUT2D eigenvalue weighted by Crippen LogP contribution is 2.27. The molecule has 0 aromatic rings. The molecular weight excluding hydrogens is 214 g/mol. The Balaban J connectivity index is 2.21. The molecular formula is C11H20F2N2O. The van der Waals surface area contributed by atoms with Gasteiger partial charge in [0.15, 0.2) is 0 Å². The third-order valence-corrected chi connectivity index (χ3v) is 2.61. The van der Waals surface area contributed by atoms with Gasteiger partial charge in [0, 0.05) is 6.54 Å². The van der Waals surface area contributed by atoms with Crippen molar-refractivity contribution in [3.8, 4) is 0 Å². The van der Waals surface area contributed by atoms with Crippen LogP contribution in [0.5, 0.6) is 0 Å². The van der Waals surface area contributed by atoms with Crippen LogP contribution < -0.4 is 5.32 Å². The number of amides is 1. The molecule has 16 heavy (non-hydrogen) atoms. The van der Waals surface area contributed by atoms with E-state index in [-0.39, 0.29) is 12.5 Å². The number of hydrogen-bond acceptors (Lipinski definition) is 2. The van der Waals surface area contributed by atoms with Gasteiger partial charge in [-0.25, -0.2) is 8.78 Å². The van der Waals surface area contributed by atoms with Gasteiger partial charge < -0.3 is 10.2 Å². The van der Waals surface area contributed by atoms with Crippen molar-refractivity contribution in [3.63, 3.8) is 0 Å². The molecule has 0 radical (unpaired) electrons. The monoisotopic (exact) mass is 234 g/mol. The molecule has 1 rings (SSSR count). The molecule has 1 saturated carbocycles. The third-order valence-electron chi connectivity index (χ3n) is 2.61. The Morgan fingerprint density at radius 3 is 2.69 bits per heavy atom. The van der Waals surface area contributed by atoms with Crippen molar-refractivity contribution in [3.05, 3.63) is 0 Å². The molecule has 0 aromatic heterocycles. The number of carbonyl (C=O) groups excluding carboxylic acids is 1. The van der Waals surface area contributed by atoms with Crippen LogP contribution in [0.4, 0.5) is 8.78 Å². The van der Waals surface area contributed by atoms with Gasteiger partial charge >= 0.3 is 0 Å². The fourth-order valence-electron chi connectivity index (χ4n) is 1.57. The highest BCUT2D eigenvalue weighted by Gasteiger charge is 2.22. The molecule has 1 amide bonds. The molecule has 0 spiro atoms. The fraction of sp³-hybridized carbons (Fsp3) is 0.909. The van der Waals surface area contributed by atoms with Gasteiger partial charge in [-0.05, 0) is 31.7 Å². The van der Waals surface area contributed by atoms with Gasteiger partial charge in [0.2, 0.25) is 5.91 Å². The van der Waals surface area contributed by atoms with Crippen LogP contribution in [0.15, 0.2) is 0 Å². The Morgan fingerprint density at radius 1 is 1.50 bits per heavy atom. The molecule has 3 nitrogen and oxygen atoms in total. The van der Waals surface area contributed by atoms with E-state index in [4.69, 9.17) is 0 Å². The van der Waals surface area contributed by atoms with E-state index in [1.54, 1.807) is 0 Å². The van der Waals surface area contributed by atoms with Crippen LogP contribution in [-0.2, 0) is 4.79 Å². The summed E-state index contributed by atoms with van der Waals surface area (Å²) in [4.78, 5) is 12.8. The second-order valence-electron chi connectivity index (χ2n) is 4.31. The Bertz CT molecular complexity index is 220. The number of rotatable bonds is 8. The van der Waals surface area contributed by atoms with Crippen LogP contribution >= 0.6 is 0 Å². The Kier molecular flexibility index (Phi) is 5.66. The van der Waals surface area contributed by atoms with Crippen LogP contribution in [0.3, 0.4) is 0 Å². The molecule has 1 N–H and O–H groups in total. The molecule has 0 atom stereocenters. The molecule has 0 bridgehead atoms. The average Bonchev–Trinajstić information content (AvgIpc) is 3.00. The Hall–Kier alpha value is -0.710. The average molecular weight is 234 g/mol. The minimum absolute atomic E-state index is 0.184. The number of nitrogens with zero attached hydrogens (tertiary/aromatic N) is 1. The number of halogens is 2. The van der Waals surface area contributed by atoms with Gasteiger partial charge in [-0.3, -0.25) is 4.79 Å². The van der Waals surface area contributed by atoms with E-state index < -0.39 is 13.0 Å². The summed E-state index contributed by atoms with van der Waals surface area (Å²) >= 11 is 0. The standard InChI is InChI=1S/C11H20F2N2O/c1-2-5-15(8-10(12)13)11(16)7-14-6-9-3-4-9/h9-10,14H,2-8H2,1H3. The third kappa shape index (κ3) is 5.39. The summed E-state index contributed by atoms with van der Waals surface area (Å²) in [5.74, 6) is 0.477. The highest BCUT2D eigenvalue weighted by molar-refractivity contribution is 5.78. The topological polar surface area (TPSA) is 32.3 Å². The Labute approximate surface area is 95.2 Å². The molecule has 0 aliphatic heterocycles. The summed E-state index contributed by atoms with van der Waals surface area (Å²) in [5.41, 5.74) is 0.